The molecule has 0 saturated carbocycles. The quantitative estimate of drug-likeness (QED) is 0.818. The summed E-state index contributed by atoms with van der Waals surface area (Å²) in [6.45, 7) is 4.39. The Kier molecular flexibility index (Phi) is 5.76. The molecule has 0 bridgehead atoms. The second kappa shape index (κ2) is 7.85. The summed E-state index contributed by atoms with van der Waals surface area (Å²) in [7, 11) is -3.57. The molecule has 1 aliphatic carbocycles. The van der Waals surface area contributed by atoms with Crippen molar-refractivity contribution >= 4 is 15.9 Å². The van der Waals surface area contributed by atoms with Crippen LogP contribution in [0.2, 0.25) is 0 Å². The summed E-state index contributed by atoms with van der Waals surface area (Å²) >= 11 is 0. The largest absolute Gasteiger partial charge is 0.337 e. The molecule has 0 spiro atoms. The number of fused-ring (bicyclic) bond motifs is 1. The molecule has 2 aliphatic rings. The number of benzene rings is 1. The molecular formula is C18H27N3O3S. The first-order chi connectivity index (χ1) is 12.0. The Labute approximate surface area is 150 Å². The number of hydrogen-bond donors (Lipinski definition) is 2. The van der Waals surface area contributed by atoms with Crippen molar-refractivity contribution in [1.29, 1.82) is 0 Å². The lowest BCUT2D eigenvalue weighted by Crippen LogP contribution is -2.52. The fourth-order valence-electron chi connectivity index (χ4n) is 3.61. The normalized spacial score (nSPS) is 21.0. The van der Waals surface area contributed by atoms with Crippen molar-refractivity contribution in [2.75, 3.05) is 26.2 Å². The first-order valence-corrected chi connectivity index (χ1v) is 10.6. The Morgan fingerprint density at radius 2 is 2.04 bits per heavy atom. The SMILES string of the molecule is C[C@H]1CNCCN1C(=O)CCNS(=O)(=O)c1ccc2c(c1)CCCC2. The molecule has 1 amide bonds. The Morgan fingerprint density at radius 3 is 2.80 bits per heavy atom. The van der Waals surface area contributed by atoms with Gasteiger partial charge in [-0.15, -0.1) is 0 Å². The second-order valence-corrected chi connectivity index (χ2v) is 8.69. The van der Waals surface area contributed by atoms with Gasteiger partial charge in [0.1, 0.15) is 0 Å². The highest BCUT2D eigenvalue weighted by molar-refractivity contribution is 7.89. The minimum atomic E-state index is -3.57. The van der Waals surface area contributed by atoms with Gasteiger partial charge in [0, 0.05) is 38.6 Å². The number of sulfonamides is 1. The third-order valence-electron chi connectivity index (χ3n) is 5.08. The zero-order valence-corrected chi connectivity index (χ0v) is 15.6. The smallest absolute Gasteiger partial charge is 0.240 e. The predicted octanol–water partition coefficient (Wildman–Crippen LogP) is 1.05. The summed E-state index contributed by atoms with van der Waals surface area (Å²) in [5.41, 5.74) is 2.40. The molecule has 6 nitrogen and oxygen atoms in total. The molecule has 1 heterocycles. The summed E-state index contributed by atoms with van der Waals surface area (Å²) in [6.07, 6.45) is 4.44. The van der Waals surface area contributed by atoms with E-state index in [1.54, 1.807) is 12.1 Å². The summed E-state index contributed by atoms with van der Waals surface area (Å²) in [6, 6.07) is 5.54. The lowest BCUT2D eigenvalue weighted by atomic mass is 9.92. The summed E-state index contributed by atoms with van der Waals surface area (Å²) < 4.78 is 27.6. The van der Waals surface area contributed by atoms with Crippen LogP contribution in [-0.4, -0.2) is 51.4 Å². The van der Waals surface area contributed by atoms with Crippen LogP contribution in [0.15, 0.2) is 23.1 Å². The second-order valence-electron chi connectivity index (χ2n) is 6.93. The van der Waals surface area contributed by atoms with E-state index >= 15 is 0 Å². The maximum atomic E-state index is 12.5. The van der Waals surface area contributed by atoms with Gasteiger partial charge in [-0.2, -0.15) is 0 Å². The van der Waals surface area contributed by atoms with E-state index in [-0.39, 0.29) is 24.9 Å². The Bertz CT molecular complexity index is 733. The molecule has 0 radical (unpaired) electrons. The molecule has 25 heavy (non-hydrogen) atoms. The Morgan fingerprint density at radius 1 is 1.28 bits per heavy atom. The van der Waals surface area contributed by atoms with Gasteiger partial charge in [-0.05, 0) is 55.9 Å². The zero-order valence-electron chi connectivity index (χ0n) is 14.8. The minimum absolute atomic E-state index is 0.00198. The molecule has 1 saturated heterocycles. The predicted molar refractivity (Wildman–Crippen MR) is 96.9 cm³/mol. The van der Waals surface area contributed by atoms with Gasteiger partial charge in [0.05, 0.1) is 4.90 Å². The number of amides is 1. The van der Waals surface area contributed by atoms with Gasteiger partial charge in [-0.25, -0.2) is 13.1 Å². The standard InChI is InChI=1S/C18H27N3O3S/c1-14-13-19-10-11-21(14)18(22)8-9-20-25(23,24)17-7-6-15-4-2-3-5-16(15)12-17/h6-7,12,14,19-20H,2-5,8-11,13H2,1H3/t14-/m0/s1. The van der Waals surface area contributed by atoms with E-state index in [0.29, 0.717) is 11.4 Å². The lowest BCUT2D eigenvalue weighted by molar-refractivity contribution is -0.133. The van der Waals surface area contributed by atoms with Crippen LogP contribution in [0.4, 0.5) is 0 Å². The molecule has 1 aliphatic heterocycles. The highest BCUT2D eigenvalue weighted by Gasteiger charge is 2.23. The van der Waals surface area contributed by atoms with Crippen molar-refractivity contribution in [2.45, 2.75) is 50.0 Å². The Balaban J connectivity index is 1.57. The number of carbonyl (C=O) groups excluding carboxylic acids is 1. The van der Waals surface area contributed by atoms with Crippen LogP contribution >= 0.6 is 0 Å². The minimum Gasteiger partial charge on any atom is -0.337 e. The van der Waals surface area contributed by atoms with Crippen LogP contribution in [0.5, 0.6) is 0 Å². The third-order valence-corrected chi connectivity index (χ3v) is 6.54. The van der Waals surface area contributed by atoms with Gasteiger partial charge in [-0.1, -0.05) is 6.07 Å². The van der Waals surface area contributed by atoms with E-state index in [9.17, 15) is 13.2 Å². The molecule has 2 N–H and O–H groups in total. The molecule has 1 fully saturated rings. The zero-order chi connectivity index (χ0) is 17.9. The number of rotatable bonds is 5. The van der Waals surface area contributed by atoms with E-state index in [4.69, 9.17) is 0 Å². The van der Waals surface area contributed by atoms with Crippen molar-refractivity contribution in [1.82, 2.24) is 14.9 Å². The maximum absolute atomic E-state index is 12.5. The van der Waals surface area contributed by atoms with Crippen molar-refractivity contribution in [3.05, 3.63) is 29.3 Å². The van der Waals surface area contributed by atoms with Crippen molar-refractivity contribution in [3.8, 4) is 0 Å². The van der Waals surface area contributed by atoms with Crippen LogP contribution in [0.1, 0.15) is 37.3 Å². The van der Waals surface area contributed by atoms with E-state index in [1.807, 2.05) is 17.9 Å². The van der Waals surface area contributed by atoms with Crippen LogP contribution in [0.3, 0.4) is 0 Å². The number of nitrogens with one attached hydrogen (secondary N) is 2. The van der Waals surface area contributed by atoms with Crippen molar-refractivity contribution < 1.29 is 13.2 Å². The average molecular weight is 365 g/mol. The number of carbonyl (C=O) groups is 1. The van der Waals surface area contributed by atoms with E-state index < -0.39 is 10.0 Å². The van der Waals surface area contributed by atoms with E-state index in [1.165, 1.54) is 12.0 Å². The molecule has 1 aromatic rings. The van der Waals surface area contributed by atoms with Gasteiger partial charge in [0.15, 0.2) is 0 Å². The molecule has 7 heteroatoms. The van der Waals surface area contributed by atoms with Crippen LogP contribution < -0.4 is 10.0 Å². The van der Waals surface area contributed by atoms with Gasteiger partial charge < -0.3 is 10.2 Å². The number of nitrogens with zero attached hydrogens (tertiary/aromatic N) is 1. The monoisotopic (exact) mass is 365 g/mol. The van der Waals surface area contributed by atoms with Crippen LogP contribution in [-0.2, 0) is 27.7 Å². The van der Waals surface area contributed by atoms with Gasteiger partial charge >= 0.3 is 0 Å². The summed E-state index contributed by atoms with van der Waals surface area (Å²) in [5, 5.41) is 3.24. The first kappa shape index (κ1) is 18.4. The molecule has 1 aromatic carbocycles. The van der Waals surface area contributed by atoms with E-state index in [0.717, 1.165) is 37.9 Å². The topological polar surface area (TPSA) is 78.5 Å². The van der Waals surface area contributed by atoms with Crippen molar-refractivity contribution in [2.24, 2.45) is 0 Å². The molecule has 3 rings (SSSR count). The number of piperazine rings is 1. The van der Waals surface area contributed by atoms with E-state index in [2.05, 4.69) is 10.0 Å². The molecule has 138 valence electrons. The lowest BCUT2D eigenvalue weighted by Gasteiger charge is -2.34. The summed E-state index contributed by atoms with van der Waals surface area (Å²) in [4.78, 5) is 14.4. The summed E-state index contributed by atoms with van der Waals surface area (Å²) in [5.74, 6) is 0.00198. The highest BCUT2D eigenvalue weighted by Crippen LogP contribution is 2.24. The van der Waals surface area contributed by atoms with Gasteiger partial charge in [0.25, 0.3) is 0 Å². The molecule has 0 aromatic heterocycles. The fraction of sp³-hybridized carbons (Fsp3) is 0.611. The van der Waals surface area contributed by atoms with Crippen LogP contribution in [0.25, 0.3) is 0 Å². The number of aryl methyl sites for hydroxylation is 2. The molecular weight excluding hydrogens is 338 g/mol. The average Bonchev–Trinajstić information content (AvgIpc) is 2.61. The highest BCUT2D eigenvalue weighted by atomic mass is 32.2. The Hall–Kier alpha value is -1.44. The maximum Gasteiger partial charge on any atom is 0.240 e. The van der Waals surface area contributed by atoms with Crippen LogP contribution in [0, 0.1) is 0 Å². The van der Waals surface area contributed by atoms with Gasteiger partial charge in [-0.3, -0.25) is 4.79 Å². The molecule has 1 atom stereocenters. The van der Waals surface area contributed by atoms with Crippen molar-refractivity contribution in [3.63, 3.8) is 0 Å². The van der Waals surface area contributed by atoms with Gasteiger partial charge in [0.2, 0.25) is 15.9 Å². The number of hydrogen-bond acceptors (Lipinski definition) is 4. The third kappa shape index (κ3) is 4.40. The fourth-order valence-corrected chi connectivity index (χ4v) is 4.69. The molecule has 0 unspecified atom stereocenters. The first-order valence-electron chi connectivity index (χ1n) is 9.09.